The average Bonchev–Trinajstić information content (AvgIpc) is 2.67. The number of halogens is 3. The maximum absolute atomic E-state index is 12.6. The molecule has 28 heavy (non-hydrogen) atoms. The molecule has 5 nitrogen and oxygen atoms in total. The molecule has 0 aliphatic carbocycles. The molecule has 0 aliphatic rings. The number of amides is 1. The van der Waals surface area contributed by atoms with Gasteiger partial charge in [-0.05, 0) is 42.8 Å². The van der Waals surface area contributed by atoms with Gasteiger partial charge in [0.2, 0.25) is 5.95 Å². The number of carbonyl (C=O) groups excluding carboxylic acids is 1. The molecule has 144 valence electrons. The molecule has 0 radical (unpaired) electrons. The maximum Gasteiger partial charge on any atom is 0.416 e. The quantitative estimate of drug-likeness (QED) is 0.679. The first-order chi connectivity index (χ1) is 13.3. The number of hydrogen-bond acceptors (Lipinski definition) is 4. The first-order valence-corrected chi connectivity index (χ1v) is 8.42. The van der Waals surface area contributed by atoms with Crippen LogP contribution in [0.5, 0.6) is 0 Å². The second-order valence-corrected chi connectivity index (χ2v) is 6.13. The fourth-order valence-corrected chi connectivity index (χ4v) is 2.40. The molecule has 0 unspecified atom stereocenters. The highest BCUT2D eigenvalue weighted by Crippen LogP contribution is 2.30. The van der Waals surface area contributed by atoms with Gasteiger partial charge in [0, 0.05) is 18.4 Å². The van der Waals surface area contributed by atoms with Gasteiger partial charge in [-0.25, -0.2) is 9.97 Å². The van der Waals surface area contributed by atoms with Crippen LogP contribution in [0.4, 0.5) is 24.8 Å². The molecule has 2 N–H and O–H groups in total. The summed E-state index contributed by atoms with van der Waals surface area (Å²) < 4.78 is 37.8. The molecule has 1 amide bonds. The highest BCUT2D eigenvalue weighted by atomic mass is 19.4. The molecule has 1 heterocycles. The molecule has 0 saturated heterocycles. The maximum atomic E-state index is 12.6. The normalized spacial score (nSPS) is 11.1. The summed E-state index contributed by atoms with van der Waals surface area (Å²) in [5.41, 5.74) is 1.87. The topological polar surface area (TPSA) is 66.9 Å². The van der Waals surface area contributed by atoms with E-state index >= 15 is 0 Å². The lowest BCUT2D eigenvalue weighted by atomic mass is 10.1. The molecule has 0 saturated carbocycles. The molecule has 0 bridgehead atoms. The third-order valence-electron chi connectivity index (χ3n) is 3.93. The second kappa shape index (κ2) is 8.08. The lowest BCUT2D eigenvalue weighted by molar-refractivity contribution is -0.137. The van der Waals surface area contributed by atoms with Crippen LogP contribution in [-0.4, -0.2) is 15.9 Å². The van der Waals surface area contributed by atoms with Crippen LogP contribution in [0.15, 0.2) is 60.8 Å². The van der Waals surface area contributed by atoms with Crippen molar-refractivity contribution in [2.75, 3.05) is 5.32 Å². The number of carbonyl (C=O) groups is 1. The van der Waals surface area contributed by atoms with Crippen LogP contribution in [-0.2, 0) is 12.7 Å². The van der Waals surface area contributed by atoms with Gasteiger partial charge in [-0.2, -0.15) is 13.2 Å². The number of nitrogens with zero attached hydrogens (tertiary/aromatic N) is 2. The highest BCUT2D eigenvalue weighted by Gasteiger charge is 2.29. The summed E-state index contributed by atoms with van der Waals surface area (Å²) in [6.45, 7) is 2.33. The van der Waals surface area contributed by atoms with Crippen molar-refractivity contribution < 1.29 is 18.0 Å². The number of nitrogens with one attached hydrogen (secondary N) is 2. The smallest absolute Gasteiger partial charge is 0.347 e. The Kier molecular flexibility index (Phi) is 5.58. The van der Waals surface area contributed by atoms with Gasteiger partial charge in [-0.3, -0.25) is 4.79 Å². The van der Waals surface area contributed by atoms with Crippen molar-refractivity contribution in [2.45, 2.75) is 19.6 Å². The first kappa shape index (κ1) is 19.3. The number of rotatable bonds is 5. The number of benzene rings is 2. The third kappa shape index (κ3) is 5.06. The van der Waals surface area contributed by atoms with Crippen molar-refractivity contribution >= 4 is 17.5 Å². The Balaban J connectivity index is 1.64. The summed E-state index contributed by atoms with van der Waals surface area (Å²) in [6, 6.07) is 13.7. The van der Waals surface area contributed by atoms with Crippen molar-refractivity contribution in [2.24, 2.45) is 0 Å². The summed E-state index contributed by atoms with van der Waals surface area (Å²) in [4.78, 5) is 20.4. The molecule has 0 fully saturated rings. The zero-order valence-electron chi connectivity index (χ0n) is 14.9. The Morgan fingerprint density at radius 3 is 2.32 bits per heavy atom. The molecule has 0 atom stereocenters. The Hall–Kier alpha value is -3.42. The average molecular weight is 386 g/mol. The minimum Gasteiger partial charge on any atom is -0.347 e. The molecule has 3 rings (SSSR count). The summed E-state index contributed by atoms with van der Waals surface area (Å²) in [5, 5.41) is 5.56. The van der Waals surface area contributed by atoms with Crippen LogP contribution < -0.4 is 10.6 Å². The van der Waals surface area contributed by atoms with E-state index in [0.29, 0.717) is 12.2 Å². The number of anilines is 2. The monoisotopic (exact) mass is 386 g/mol. The number of aromatic nitrogens is 2. The van der Waals surface area contributed by atoms with E-state index in [4.69, 9.17) is 0 Å². The minimum atomic E-state index is -4.40. The minimum absolute atomic E-state index is 0.114. The van der Waals surface area contributed by atoms with E-state index in [9.17, 15) is 18.0 Å². The summed E-state index contributed by atoms with van der Waals surface area (Å²) in [6.07, 6.45) is -3.00. The van der Waals surface area contributed by atoms with Crippen molar-refractivity contribution in [3.63, 3.8) is 0 Å². The molecule has 3 aromatic rings. The van der Waals surface area contributed by atoms with E-state index in [2.05, 4.69) is 20.6 Å². The van der Waals surface area contributed by atoms with E-state index in [1.165, 1.54) is 24.4 Å². The van der Waals surface area contributed by atoms with Crippen molar-refractivity contribution in [3.05, 3.63) is 83.2 Å². The van der Waals surface area contributed by atoms with Crippen molar-refractivity contribution in [1.82, 2.24) is 15.3 Å². The predicted molar refractivity (Wildman–Crippen MR) is 99.1 cm³/mol. The molecule has 8 heteroatoms. The highest BCUT2D eigenvalue weighted by molar-refractivity contribution is 5.92. The van der Waals surface area contributed by atoms with Gasteiger partial charge in [0.1, 0.15) is 5.69 Å². The Labute approximate surface area is 159 Å². The van der Waals surface area contributed by atoms with Crippen molar-refractivity contribution in [3.8, 4) is 0 Å². The van der Waals surface area contributed by atoms with E-state index in [0.717, 1.165) is 23.3 Å². The van der Waals surface area contributed by atoms with Gasteiger partial charge < -0.3 is 10.6 Å². The number of aryl methyl sites for hydroxylation is 1. The van der Waals surface area contributed by atoms with Crippen LogP contribution in [0.1, 0.15) is 27.2 Å². The first-order valence-electron chi connectivity index (χ1n) is 8.42. The Morgan fingerprint density at radius 2 is 1.68 bits per heavy atom. The largest absolute Gasteiger partial charge is 0.416 e. The predicted octanol–water partition coefficient (Wildman–Crippen LogP) is 4.48. The molecule has 1 aromatic heterocycles. The molecule has 0 aliphatic heterocycles. The van der Waals surface area contributed by atoms with Crippen LogP contribution in [0.25, 0.3) is 0 Å². The van der Waals surface area contributed by atoms with Crippen LogP contribution in [0, 0.1) is 6.92 Å². The lowest BCUT2D eigenvalue weighted by Crippen LogP contribution is -2.24. The third-order valence-corrected chi connectivity index (χ3v) is 3.93. The van der Waals surface area contributed by atoms with E-state index < -0.39 is 11.7 Å². The molecule has 0 spiro atoms. The van der Waals surface area contributed by atoms with Crippen LogP contribution >= 0.6 is 0 Å². The van der Waals surface area contributed by atoms with Gasteiger partial charge in [0.05, 0.1) is 5.56 Å². The van der Waals surface area contributed by atoms with E-state index in [-0.39, 0.29) is 17.5 Å². The van der Waals surface area contributed by atoms with Gasteiger partial charge >= 0.3 is 6.18 Å². The van der Waals surface area contributed by atoms with Gasteiger partial charge in [0.15, 0.2) is 0 Å². The van der Waals surface area contributed by atoms with Gasteiger partial charge in [-0.15, -0.1) is 0 Å². The van der Waals surface area contributed by atoms with Crippen LogP contribution in [0.3, 0.4) is 0 Å². The van der Waals surface area contributed by atoms with E-state index in [1.54, 1.807) is 0 Å². The standard InChI is InChI=1S/C20H17F3N4O/c1-13-2-4-14(5-3-13)12-25-18(28)17-10-11-24-19(27-17)26-16-8-6-15(7-9-16)20(21,22)23/h2-11H,12H2,1H3,(H,25,28)(H,24,26,27). The number of hydrogen-bond donors (Lipinski definition) is 2. The fraction of sp³-hybridized carbons (Fsp3) is 0.150. The summed E-state index contributed by atoms with van der Waals surface area (Å²) in [5.74, 6) is -0.263. The SMILES string of the molecule is Cc1ccc(CNC(=O)c2ccnc(Nc3ccc(C(F)(F)F)cc3)n2)cc1. The van der Waals surface area contributed by atoms with Gasteiger partial charge in [-0.1, -0.05) is 29.8 Å². The van der Waals surface area contributed by atoms with E-state index in [1.807, 2.05) is 31.2 Å². The molecular formula is C20H17F3N4O. The summed E-state index contributed by atoms with van der Waals surface area (Å²) in [7, 11) is 0. The lowest BCUT2D eigenvalue weighted by Gasteiger charge is -2.09. The molecular weight excluding hydrogens is 369 g/mol. The number of alkyl halides is 3. The fourth-order valence-electron chi connectivity index (χ4n) is 2.40. The zero-order chi connectivity index (χ0) is 20.1. The second-order valence-electron chi connectivity index (χ2n) is 6.13. The van der Waals surface area contributed by atoms with Gasteiger partial charge in [0.25, 0.3) is 5.91 Å². The summed E-state index contributed by atoms with van der Waals surface area (Å²) >= 11 is 0. The zero-order valence-corrected chi connectivity index (χ0v) is 14.9. The Bertz CT molecular complexity index is 954. The van der Waals surface area contributed by atoms with Crippen LogP contribution in [0.2, 0.25) is 0 Å². The molecule has 2 aromatic carbocycles. The Morgan fingerprint density at radius 1 is 1.00 bits per heavy atom. The van der Waals surface area contributed by atoms with Crippen molar-refractivity contribution in [1.29, 1.82) is 0 Å².